The van der Waals surface area contributed by atoms with Gasteiger partial charge in [0.25, 0.3) is 0 Å². The first kappa shape index (κ1) is 11.5. The van der Waals surface area contributed by atoms with E-state index in [1.807, 2.05) is 0 Å². The first-order valence-electron chi connectivity index (χ1n) is 4.36. The van der Waals surface area contributed by atoms with Crippen LogP contribution in [-0.4, -0.2) is 18.2 Å². The van der Waals surface area contributed by atoms with E-state index >= 15 is 0 Å². The van der Waals surface area contributed by atoms with Crippen molar-refractivity contribution in [2.75, 3.05) is 7.11 Å². The summed E-state index contributed by atoms with van der Waals surface area (Å²) in [6.45, 7) is 0. The third-order valence-electron chi connectivity index (χ3n) is 2.00. The van der Waals surface area contributed by atoms with Crippen molar-refractivity contribution in [1.29, 1.82) is 0 Å². The van der Waals surface area contributed by atoms with Crippen LogP contribution in [0.1, 0.15) is 18.0 Å². The number of ether oxygens (including phenoxy) is 1. The Kier molecular flexibility index (Phi) is 3.62. The molecule has 0 aliphatic heterocycles. The van der Waals surface area contributed by atoms with Crippen LogP contribution in [-0.2, 0) is 4.79 Å². The molecule has 0 saturated carbocycles. The number of nitrogens with two attached hydrogens (primary N) is 1. The highest BCUT2D eigenvalue weighted by Crippen LogP contribution is 2.28. The van der Waals surface area contributed by atoms with E-state index in [0.29, 0.717) is 0 Å². The van der Waals surface area contributed by atoms with Crippen molar-refractivity contribution >= 4 is 5.97 Å². The van der Waals surface area contributed by atoms with Crippen molar-refractivity contribution in [3.63, 3.8) is 0 Å². The van der Waals surface area contributed by atoms with Gasteiger partial charge in [-0.25, -0.2) is 4.39 Å². The van der Waals surface area contributed by atoms with Gasteiger partial charge in [0.15, 0.2) is 0 Å². The van der Waals surface area contributed by atoms with Gasteiger partial charge in [0.05, 0.1) is 13.5 Å². The van der Waals surface area contributed by atoms with Crippen molar-refractivity contribution < 1.29 is 19.0 Å². The fraction of sp³-hybridized carbons (Fsp3) is 0.300. The van der Waals surface area contributed by atoms with Crippen LogP contribution in [0.2, 0.25) is 0 Å². The van der Waals surface area contributed by atoms with Gasteiger partial charge in [-0.2, -0.15) is 0 Å². The van der Waals surface area contributed by atoms with Gasteiger partial charge in [-0.15, -0.1) is 0 Å². The molecule has 0 spiro atoms. The minimum absolute atomic E-state index is 0.0994. The predicted octanol–water partition coefficient (Wildman–Crippen LogP) is 1.31. The Morgan fingerprint density at radius 1 is 1.67 bits per heavy atom. The molecule has 4 nitrogen and oxygen atoms in total. The minimum atomic E-state index is -1.08. The second-order valence-corrected chi connectivity index (χ2v) is 3.06. The summed E-state index contributed by atoms with van der Waals surface area (Å²) in [4.78, 5) is 10.5. The zero-order valence-electron chi connectivity index (χ0n) is 8.24. The van der Waals surface area contributed by atoms with Crippen LogP contribution in [0, 0.1) is 5.82 Å². The summed E-state index contributed by atoms with van der Waals surface area (Å²) in [5.41, 5.74) is 5.67. The summed E-state index contributed by atoms with van der Waals surface area (Å²) in [5.74, 6) is -1.36. The van der Waals surface area contributed by atoms with Crippen molar-refractivity contribution in [3.05, 3.63) is 29.6 Å². The molecule has 3 N–H and O–H groups in total. The van der Waals surface area contributed by atoms with Crippen molar-refractivity contribution in [2.45, 2.75) is 12.5 Å². The molecular formula is C10H12FNO3. The minimum Gasteiger partial charge on any atom is -0.496 e. The maximum atomic E-state index is 13.4. The summed E-state index contributed by atoms with van der Waals surface area (Å²) in [7, 11) is 1.38. The van der Waals surface area contributed by atoms with Crippen LogP contribution in [0.3, 0.4) is 0 Å². The largest absolute Gasteiger partial charge is 0.496 e. The van der Waals surface area contributed by atoms with Gasteiger partial charge < -0.3 is 15.6 Å². The average Bonchev–Trinajstić information content (AvgIpc) is 2.15. The van der Waals surface area contributed by atoms with Crippen LogP contribution in [0.15, 0.2) is 18.2 Å². The lowest BCUT2D eigenvalue weighted by Gasteiger charge is -2.14. The summed E-state index contributed by atoms with van der Waals surface area (Å²) in [5, 5.41) is 8.56. The number of carboxylic acids is 1. The topological polar surface area (TPSA) is 72.5 Å². The van der Waals surface area contributed by atoms with Crippen molar-refractivity contribution in [2.24, 2.45) is 5.73 Å². The Balaban J connectivity index is 3.05. The number of rotatable bonds is 4. The van der Waals surface area contributed by atoms with E-state index < -0.39 is 17.8 Å². The van der Waals surface area contributed by atoms with Crippen LogP contribution in [0.25, 0.3) is 0 Å². The number of carboxylic acid groups (broad SMARTS) is 1. The Hall–Kier alpha value is -1.62. The maximum Gasteiger partial charge on any atom is 0.305 e. The first-order valence-corrected chi connectivity index (χ1v) is 4.36. The number of methoxy groups -OCH3 is 1. The van der Waals surface area contributed by atoms with Gasteiger partial charge in [-0.1, -0.05) is 6.07 Å². The Morgan fingerprint density at radius 3 is 2.87 bits per heavy atom. The molecule has 0 radical (unpaired) electrons. The molecule has 1 atom stereocenters. The van der Waals surface area contributed by atoms with Gasteiger partial charge in [-0.05, 0) is 12.1 Å². The second kappa shape index (κ2) is 4.75. The van der Waals surface area contributed by atoms with E-state index in [2.05, 4.69) is 0 Å². The molecule has 5 heteroatoms. The van der Waals surface area contributed by atoms with E-state index in [0.717, 1.165) is 0 Å². The lowest BCUT2D eigenvalue weighted by atomic mass is 10.0. The molecule has 0 aliphatic carbocycles. The normalized spacial score (nSPS) is 12.2. The van der Waals surface area contributed by atoms with Crippen LogP contribution in [0.5, 0.6) is 5.75 Å². The smallest absolute Gasteiger partial charge is 0.305 e. The fourth-order valence-corrected chi connectivity index (χ4v) is 1.35. The summed E-state index contributed by atoms with van der Waals surface area (Å²) < 4.78 is 18.3. The molecule has 1 aromatic rings. The van der Waals surface area contributed by atoms with Crippen molar-refractivity contribution in [1.82, 2.24) is 0 Å². The molecule has 0 amide bonds. The van der Waals surface area contributed by atoms with Gasteiger partial charge >= 0.3 is 5.97 Å². The lowest BCUT2D eigenvalue weighted by molar-refractivity contribution is -0.137. The molecule has 1 aromatic carbocycles. The number of halogens is 1. The zero-order chi connectivity index (χ0) is 11.4. The molecule has 0 bridgehead atoms. The van der Waals surface area contributed by atoms with E-state index in [4.69, 9.17) is 15.6 Å². The van der Waals surface area contributed by atoms with Crippen LogP contribution >= 0.6 is 0 Å². The van der Waals surface area contributed by atoms with E-state index in [9.17, 15) is 9.18 Å². The molecule has 1 rings (SSSR count). The predicted molar refractivity (Wildman–Crippen MR) is 52.1 cm³/mol. The number of hydrogen-bond donors (Lipinski definition) is 2. The van der Waals surface area contributed by atoms with Crippen molar-refractivity contribution in [3.8, 4) is 5.75 Å². The highest BCUT2D eigenvalue weighted by atomic mass is 19.1. The maximum absolute atomic E-state index is 13.4. The SMILES string of the molecule is COc1cccc(F)c1C(N)CC(=O)O. The standard InChI is InChI=1S/C10H12FNO3/c1-15-8-4-2-3-6(11)10(8)7(12)5-9(13)14/h2-4,7H,5,12H2,1H3,(H,13,14). The summed E-state index contributed by atoms with van der Waals surface area (Å²) in [6, 6.07) is 3.34. The quantitative estimate of drug-likeness (QED) is 0.790. The number of hydrogen-bond acceptors (Lipinski definition) is 3. The van der Waals surface area contributed by atoms with Gasteiger partial charge in [0, 0.05) is 11.6 Å². The summed E-state index contributed by atoms with van der Waals surface area (Å²) in [6.07, 6.45) is -0.336. The molecule has 0 saturated heterocycles. The van der Waals surface area contributed by atoms with E-state index in [1.54, 1.807) is 6.07 Å². The fourth-order valence-electron chi connectivity index (χ4n) is 1.35. The Bertz CT molecular complexity index is 368. The number of benzene rings is 1. The van der Waals surface area contributed by atoms with Gasteiger partial charge in [-0.3, -0.25) is 4.79 Å². The lowest BCUT2D eigenvalue weighted by Crippen LogP contribution is -2.17. The molecule has 0 aromatic heterocycles. The second-order valence-electron chi connectivity index (χ2n) is 3.06. The van der Waals surface area contributed by atoms with Gasteiger partial charge in [0.1, 0.15) is 11.6 Å². The first-order chi connectivity index (χ1) is 7.06. The number of aliphatic carboxylic acids is 1. The molecule has 1 unspecified atom stereocenters. The van der Waals surface area contributed by atoms with E-state index in [-0.39, 0.29) is 17.7 Å². The third-order valence-corrected chi connectivity index (χ3v) is 2.00. The average molecular weight is 213 g/mol. The van der Waals surface area contributed by atoms with Crippen LogP contribution < -0.4 is 10.5 Å². The van der Waals surface area contributed by atoms with Gasteiger partial charge in [0.2, 0.25) is 0 Å². The zero-order valence-corrected chi connectivity index (χ0v) is 8.24. The third kappa shape index (κ3) is 2.66. The highest BCUT2D eigenvalue weighted by molar-refractivity contribution is 5.68. The monoisotopic (exact) mass is 213 g/mol. The molecule has 0 aliphatic rings. The Labute approximate surface area is 86.5 Å². The molecule has 15 heavy (non-hydrogen) atoms. The Morgan fingerprint density at radius 2 is 2.33 bits per heavy atom. The molecule has 0 heterocycles. The number of carbonyl (C=O) groups is 1. The van der Waals surface area contributed by atoms with Crippen LogP contribution in [0.4, 0.5) is 4.39 Å². The summed E-state index contributed by atoms with van der Waals surface area (Å²) >= 11 is 0. The highest BCUT2D eigenvalue weighted by Gasteiger charge is 2.19. The van der Waals surface area contributed by atoms with E-state index in [1.165, 1.54) is 19.2 Å². The molecule has 82 valence electrons. The molecular weight excluding hydrogens is 201 g/mol. The molecule has 0 fully saturated rings.